The first-order valence-corrected chi connectivity index (χ1v) is 11.3. The Labute approximate surface area is 203 Å². The summed E-state index contributed by atoms with van der Waals surface area (Å²) in [4.78, 5) is 48.9. The summed E-state index contributed by atoms with van der Waals surface area (Å²) in [5, 5.41) is 5.79. The summed E-state index contributed by atoms with van der Waals surface area (Å²) < 4.78 is 15.4. The molecule has 2 amide bonds. The molecule has 2 N–H and O–H groups in total. The number of halogens is 2. The Bertz CT molecular complexity index is 884. The van der Waals surface area contributed by atoms with Gasteiger partial charge in [-0.25, -0.2) is 0 Å². The van der Waals surface area contributed by atoms with Gasteiger partial charge in [-0.05, 0) is 37.0 Å². The molecule has 0 unspecified atom stereocenters. The number of nitrogens with one attached hydrogen (secondary N) is 2. The highest BCUT2D eigenvalue weighted by Crippen LogP contribution is 2.23. The van der Waals surface area contributed by atoms with Gasteiger partial charge in [0.15, 0.2) is 6.10 Å². The average molecular weight is 501 g/mol. The van der Waals surface area contributed by atoms with Crippen LogP contribution < -0.4 is 10.6 Å². The minimum Gasteiger partial charge on any atom is -0.536 e. The molecule has 0 saturated carbocycles. The largest absolute Gasteiger partial charge is 0.536 e. The van der Waals surface area contributed by atoms with Crippen molar-refractivity contribution >= 4 is 54.4 Å². The third kappa shape index (κ3) is 8.21. The first-order valence-electron chi connectivity index (χ1n) is 10.5. The lowest BCUT2D eigenvalue weighted by molar-refractivity contribution is -0.156. The summed E-state index contributed by atoms with van der Waals surface area (Å²) in [5.41, 5.74) is 0.154. The van der Waals surface area contributed by atoms with E-state index in [-0.39, 0.29) is 37.1 Å². The Morgan fingerprint density at radius 3 is 2.61 bits per heavy atom. The zero-order chi connectivity index (χ0) is 24.5. The van der Waals surface area contributed by atoms with Crippen molar-refractivity contribution in [2.24, 2.45) is 11.8 Å². The summed E-state index contributed by atoms with van der Waals surface area (Å²) in [6.45, 7) is 3.86. The molecule has 0 radical (unpaired) electrons. The topological polar surface area (TPSA) is 120 Å². The summed E-state index contributed by atoms with van der Waals surface area (Å²) in [5.74, 6) is -3.24. The highest BCUT2D eigenvalue weighted by atomic mass is 35.5. The molecule has 0 spiro atoms. The van der Waals surface area contributed by atoms with Crippen LogP contribution in [0.1, 0.15) is 37.0 Å². The van der Waals surface area contributed by atoms with Crippen LogP contribution in [0, 0.1) is 11.8 Å². The predicted molar refractivity (Wildman–Crippen MR) is 123 cm³/mol. The maximum absolute atomic E-state index is 12.4. The van der Waals surface area contributed by atoms with Crippen molar-refractivity contribution in [3.8, 4) is 0 Å². The van der Waals surface area contributed by atoms with Crippen LogP contribution in [-0.4, -0.2) is 63.5 Å². The number of ether oxygens (including phenoxy) is 2. The average Bonchev–Trinajstić information content (AvgIpc) is 3.26. The van der Waals surface area contributed by atoms with Gasteiger partial charge >= 0.3 is 19.4 Å². The maximum atomic E-state index is 12.4. The van der Waals surface area contributed by atoms with Gasteiger partial charge in [-0.15, -0.1) is 0 Å². The molecule has 0 bridgehead atoms. The van der Waals surface area contributed by atoms with Gasteiger partial charge in [0.1, 0.15) is 0 Å². The predicted octanol–water partition coefficient (Wildman–Crippen LogP) is 1.68. The second-order valence-electron chi connectivity index (χ2n) is 8.04. The number of benzene rings is 1. The van der Waals surface area contributed by atoms with E-state index < -0.39 is 41.7 Å². The molecular weight excluding hydrogens is 474 g/mol. The quantitative estimate of drug-likeness (QED) is 0.370. The van der Waals surface area contributed by atoms with Crippen molar-refractivity contribution in [2.75, 3.05) is 20.3 Å². The number of hydrogen-bond donors (Lipinski definition) is 2. The highest BCUT2D eigenvalue weighted by molar-refractivity contribution is 6.36. The fraction of sp³-hybridized carbons (Fsp3) is 0.524. The number of esters is 1. The van der Waals surface area contributed by atoms with E-state index in [0.717, 1.165) is 0 Å². The van der Waals surface area contributed by atoms with Crippen molar-refractivity contribution in [3.05, 3.63) is 33.8 Å². The third-order valence-electron chi connectivity index (χ3n) is 4.96. The van der Waals surface area contributed by atoms with Crippen LogP contribution in [0.4, 0.5) is 0 Å². The van der Waals surface area contributed by atoms with Crippen LogP contribution in [0.5, 0.6) is 0 Å². The summed E-state index contributed by atoms with van der Waals surface area (Å²) in [6, 6.07) is 4.45. The number of rotatable bonds is 10. The molecule has 1 fully saturated rings. The van der Waals surface area contributed by atoms with Gasteiger partial charge in [0.05, 0.1) is 30.2 Å². The lowest BCUT2D eigenvalue weighted by Crippen LogP contribution is -2.47. The van der Waals surface area contributed by atoms with E-state index in [1.807, 2.05) is 13.8 Å². The first-order chi connectivity index (χ1) is 15.6. The molecule has 1 aromatic carbocycles. The molecule has 3 atom stereocenters. The highest BCUT2D eigenvalue weighted by Gasteiger charge is 2.41. The molecule has 0 aliphatic carbocycles. The number of carbonyl (C=O) groups excluding carboxylic acids is 4. The van der Waals surface area contributed by atoms with Gasteiger partial charge in [-0.2, -0.15) is 0 Å². The molecule has 1 aliphatic heterocycles. The Kier molecular flexibility index (Phi) is 10.5. The minimum absolute atomic E-state index is 0.107. The second kappa shape index (κ2) is 12.8. The number of carbonyl (C=O) groups is 4. The molecule has 9 nitrogen and oxygen atoms in total. The van der Waals surface area contributed by atoms with Crippen molar-refractivity contribution in [1.82, 2.24) is 10.6 Å². The fourth-order valence-electron chi connectivity index (χ4n) is 3.42. The molecule has 1 aliphatic rings. The molecule has 2 rings (SSSR count). The lowest BCUT2D eigenvalue weighted by atomic mass is 9.81. The molecule has 1 heterocycles. The fourth-order valence-corrected chi connectivity index (χ4v) is 3.80. The summed E-state index contributed by atoms with van der Waals surface area (Å²) >= 11 is 11.9. The van der Waals surface area contributed by atoms with Gasteiger partial charge in [0.2, 0.25) is 5.91 Å². The van der Waals surface area contributed by atoms with Gasteiger partial charge < -0.3 is 24.8 Å². The van der Waals surface area contributed by atoms with E-state index in [9.17, 15) is 19.2 Å². The van der Waals surface area contributed by atoms with Crippen LogP contribution in [0.3, 0.4) is 0 Å². The van der Waals surface area contributed by atoms with Crippen molar-refractivity contribution in [3.63, 3.8) is 0 Å². The van der Waals surface area contributed by atoms with E-state index in [1.165, 1.54) is 19.2 Å². The van der Waals surface area contributed by atoms with E-state index in [0.29, 0.717) is 17.9 Å². The van der Waals surface area contributed by atoms with Crippen LogP contribution in [-0.2, 0) is 28.5 Å². The van der Waals surface area contributed by atoms with E-state index in [4.69, 9.17) is 37.3 Å². The second-order valence-corrected chi connectivity index (χ2v) is 8.88. The van der Waals surface area contributed by atoms with Crippen molar-refractivity contribution < 1.29 is 33.3 Å². The van der Waals surface area contributed by atoms with Crippen LogP contribution >= 0.6 is 23.2 Å². The van der Waals surface area contributed by atoms with Gasteiger partial charge in [-0.1, -0.05) is 37.0 Å². The Balaban J connectivity index is 1.89. The first kappa shape index (κ1) is 27.0. The van der Waals surface area contributed by atoms with E-state index in [2.05, 4.69) is 10.6 Å². The van der Waals surface area contributed by atoms with Crippen molar-refractivity contribution in [1.29, 1.82) is 0 Å². The summed E-state index contributed by atoms with van der Waals surface area (Å²) in [6.07, 6.45) is -0.136. The molecule has 1 aromatic rings. The SMILES string of the molecule is COC(=O)[C@@H]1CCO[C@H]1C(=O)OB[C@H](CC(C)C)NC(=O)CNC(=O)c1cc(Cl)ccc1Cl. The van der Waals surface area contributed by atoms with Crippen LogP contribution in [0.25, 0.3) is 0 Å². The Morgan fingerprint density at radius 2 is 1.94 bits per heavy atom. The van der Waals surface area contributed by atoms with E-state index in [1.54, 1.807) is 6.07 Å². The van der Waals surface area contributed by atoms with Gasteiger partial charge in [0.25, 0.3) is 5.91 Å². The van der Waals surface area contributed by atoms with Crippen molar-refractivity contribution in [2.45, 2.75) is 38.7 Å². The molecule has 12 heteroatoms. The Hall–Kier alpha value is -2.30. The van der Waals surface area contributed by atoms with Crippen LogP contribution in [0.15, 0.2) is 18.2 Å². The number of amides is 2. The van der Waals surface area contributed by atoms with E-state index >= 15 is 0 Å². The normalized spacial score (nSPS) is 18.4. The third-order valence-corrected chi connectivity index (χ3v) is 5.52. The molecule has 180 valence electrons. The molecule has 33 heavy (non-hydrogen) atoms. The smallest absolute Gasteiger partial charge is 0.366 e. The number of methoxy groups -OCH3 is 1. The zero-order valence-corrected chi connectivity index (χ0v) is 20.2. The van der Waals surface area contributed by atoms with Gasteiger partial charge in [-0.3, -0.25) is 19.2 Å². The minimum atomic E-state index is -1.03. The lowest BCUT2D eigenvalue weighted by Gasteiger charge is -2.21. The van der Waals surface area contributed by atoms with Gasteiger partial charge in [0, 0.05) is 17.6 Å². The number of hydrogen-bond acceptors (Lipinski definition) is 7. The Morgan fingerprint density at radius 1 is 1.21 bits per heavy atom. The zero-order valence-electron chi connectivity index (χ0n) is 18.7. The van der Waals surface area contributed by atoms with Crippen LogP contribution in [0.2, 0.25) is 10.0 Å². The molecule has 1 saturated heterocycles. The maximum Gasteiger partial charge on any atom is 0.366 e. The monoisotopic (exact) mass is 500 g/mol. The molecule has 0 aromatic heterocycles. The summed E-state index contributed by atoms with van der Waals surface area (Å²) in [7, 11) is 1.14. The molecular formula is C21H27BCl2N2O7. The standard InChI is InChI=1S/C21H27BCl2N2O7/c1-11(2)8-16(22-33-21(30)18-13(6-7-32-18)20(29)31-3)26-17(27)10-25-19(28)14-9-12(23)4-5-15(14)24/h4-5,9,11,13,16,18,22H,6-8,10H2,1-3H3,(H,25,28)(H,26,27)/t13-,16+,18-/m1/s1.